The summed E-state index contributed by atoms with van der Waals surface area (Å²) in [6, 6.07) is 19.8. The molecule has 2 aliphatic carbocycles. The average Bonchev–Trinajstić information content (AvgIpc) is 3.80. The fraction of sp³-hybridized carbons (Fsp3) is 0.553. The molecule has 11 nitrogen and oxygen atoms in total. The van der Waals surface area contributed by atoms with Gasteiger partial charge in [0.25, 0.3) is 0 Å². The van der Waals surface area contributed by atoms with E-state index in [1.54, 1.807) is 64.6 Å². The van der Waals surface area contributed by atoms with E-state index in [1.165, 1.54) is 4.31 Å². The highest BCUT2D eigenvalue weighted by Crippen LogP contribution is 2.45. The summed E-state index contributed by atoms with van der Waals surface area (Å²) in [5.41, 5.74) is 3.46. The van der Waals surface area contributed by atoms with Crippen molar-refractivity contribution in [1.82, 2.24) is 9.21 Å². The lowest BCUT2D eigenvalue weighted by Crippen LogP contribution is -2.46. The predicted octanol–water partition coefficient (Wildman–Crippen LogP) is 10.9. The van der Waals surface area contributed by atoms with Crippen molar-refractivity contribution in [3.8, 4) is 16.9 Å². The number of nitrogens with zero attached hydrogens (tertiary/aromatic N) is 3. The molecular formula is C47H61F2N3O8S. The number of carbonyl (C=O) groups excluding carboxylic acids is 3. The highest BCUT2D eigenvalue weighted by molar-refractivity contribution is 7.91. The molecule has 0 N–H and O–H groups in total. The van der Waals surface area contributed by atoms with Gasteiger partial charge in [0, 0.05) is 37.9 Å². The molecule has 61 heavy (non-hydrogen) atoms. The number of unbranched alkanes of at least 4 members (excludes halogenated alkanes) is 2. The van der Waals surface area contributed by atoms with Crippen LogP contribution in [-0.4, -0.2) is 87.1 Å². The summed E-state index contributed by atoms with van der Waals surface area (Å²) in [7, 11) is -3.87. The Hall–Kier alpha value is -4.56. The Labute approximate surface area is 359 Å². The molecule has 0 spiro atoms. The second-order valence-corrected chi connectivity index (χ2v) is 20.4. The SMILES string of the molecule is Cc1ccc(S(=O)(=NC(=O)OCC2c3ccccc3-c3ccccc32)N2CCC[C@H]2C(=O)OC(C)(C)C)c(OCCCCCN(C(=O)OC(C)(C)C)C2CCC(F)(F)CC2)c1. The first kappa shape index (κ1) is 46.0. The van der Waals surface area contributed by atoms with Gasteiger partial charge in [0.2, 0.25) is 5.92 Å². The van der Waals surface area contributed by atoms with Gasteiger partial charge in [-0.15, -0.1) is 4.36 Å². The minimum absolute atomic E-state index is 0.0305. The van der Waals surface area contributed by atoms with E-state index < -0.39 is 51.2 Å². The third kappa shape index (κ3) is 11.5. The summed E-state index contributed by atoms with van der Waals surface area (Å²) >= 11 is 0. The minimum atomic E-state index is -3.87. The number of amides is 2. The van der Waals surface area contributed by atoms with E-state index in [-0.39, 0.29) is 68.0 Å². The van der Waals surface area contributed by atoms with Gasteiger partial charge in [0.05, 0.1) is 6.61 Å². The van der Waals surface area contributed by atoms with Crippen molar-refractivity contribution in [2.45, 2.75) is 146 Å². The van der Waals surface area contributed by atoms with Crippen molar-refractivity contribution in [3.63, 3.8) is 0 Å². The van der Waals surface area contributed by atoms with Crippen LogP contribution >= 0.6 is 0 Å². The van der Waals surface area contributed by atoms with Crippen LogP contribution in [0.2, 0.25) is 0 Å². The predicted molar refractivity (Wildman–Crippen MR) is 230 cm³/mol. The monoisotopic (exact) mass is 865 g/mol. The first-order chi connectivity index (χ1) is 28.7. The van der Waals surface area contributed by atoms with E-state index in [2.05, 4.69) is 4.36 Å². The Bertz CT molecular complexity index is 2140. The first-order valence-corrected chi connectivity index (χ1v) is 22.9. The van der Waals surface area contributed by atoms with E-state index >= 15 is 4.21 Å². The minimum Gasteiger partial charge on any atom is -0.492 e. The Morgan fingerprint density at radius 1 is 0.852 bits per heavy atom. The Balaban J connectivity index is 1.21. The molecule has 1 saturated heterocycles. The Morgan fingerprint density at radius 2 is 1.48 bits per heavy atom. The molecular weight excluding hydrogens is 805 g/mol. The van der Waals surface area contributed by atoms with Crippen LogP contribution in [-0.2, 0) is 28.9 Å². The smallest absolute Gasteiger partial charge is 0.443 e. The number of benzene rings is 3. The van der Waals surface area contributed by atoms with Gasteiger partial charge < -0.3 is 23.8 Å². The van der Waals surface area contributed by atoms with Gasteiger partial charge in [-0.2, -0.15) is 4.31 Å². The number of aryl methyl sites for hydroxylation is 1. The van der Waals surface area contributed by atoms with Crippen LogP contribution in [0.5, 0.6) is 5.75 Å². The van der Waals surface area contributed by atoms with Gasteiger partial charge in [-0.3, -0.25) is 4.79 Å². The zero-order chi connectivity index (χ0) is 44.2. The Morgan fingerprint density at radius 3 is 2.10 bits per heavy atom. The zero-order valence-corrected chi connectivity index (χ0v) is 37.4. The Kier molecular flexibility index (Phi) is 14.2. The number of rotatable bonds is 13. The lowest BCUT2D eigenvalue weighted by atomic mass is 9.91. The van der Waals surface area contributed by atoms with Crippen LogP contribution in [0.4, 0.5) is 18.4 Å². The maximum atomic E-state index is 15.6. The topological polar surface area (TPSA) is 124 Å². The van der Waals surface area contributed by atoms with E-state index in [0.29, 0.717) is 38.6 Å². The fourth-order valence-electron chi connectivity index (χ4n) is 8.36. The van der Waals surface area contributed by atoms with Crippen molar-refractivity contribution in [1.29, 1.82) is 0 Å². The summed E-state index contributed by atoms with van der Waals surface area (Å²) in [6.45, 7) is 13.2. The normalized spacial score (nSPS) is 19.0. The molecule has 1 heterocycles. The highest BCUT2D eigenvalue weighted by atomic mass is 32.2. The second-order valence-electron chi connectivity index (χ2n) is 18.3. The third-order valence-corrected chi connectivity index (χ3v) is 13.6. The molecule has 0 bridgehead atoms. The first-order valence-electron chi connectivity index (χ1n) is 21.5. The van der Waals surface area contributed by atoms with Crippen LogP contribution in [0.15, 0.2) is 76.0 Å². The molecule has 3 aromatic carbocycles. The van der Waals surface area contributed by atoms with Crippen LogP contribution in [0.25, 0.3) is 11.1 Å². The quantitative estimate of drug-likeness (QED) is 0.0945. The number of hydrogen-bond donors (Lipinski definition) is 0. The molecule has 1 saturated carbocycles. The molecule has 3 aromatic rings. The highest BCUT2D eigenvalue weighted by Gasteiger charge is 2.43. The molecule has 14 heteroatoms. The second kappa shape index (κ2) is 18.8. The van der Waals surface area contributed by atoms with Crippen LogP contribution in [0, 0.1) is 6.92 Å². The number of carbonyl (C=O) groups is 3. The van der Waals surface area contributed by atoms with Crippen LogP contribution < -0.4 is 4.74 Å². The number of halogens is 2. The standard InChI is InChI=1S/C47H61F2N3O8S/c1-32-21-22-41(40(30-32)57-29-14-8-13-27-51(44(55)60-46(5,6)7)33-23-25-47(48,49)26-24-33)61(56,52-28-15-20-39(52)42(53)59-45(2,3)4)50-43(54)58-31-38-36-18-11-9-16-34(36)35-17-10-12-19-37(35)38/h9-12,16-19,21-22,30,33,38-39H,8,13-15,20,23-29,31H2,1-7H3/t39-,61?/m0/s1. The van der Waals surface area contributed by atoms with E-state index in [0.717, 1.165) is 27.8 Å². The van der Waals surface area contributed by atoms with Crippen LogP contribution in [0.3, 0.4) is 0 Å². The molecule has 0 radical (unpaired) electrons. The van der Waals surface area contributed by atoms with Crippen molar-refractivity contribution < 1.29 is 46.3 Å². The summed E-state index contributed by atoms with van der Waals surface area (Å²) in [5.74, 6) is -3.27. The molecule has 332 valence electrons. The van der Waals surface area contributed by atoms with E-state index in [9.17, 15) is 23.2 Å². The molecule has 1 aliphatic heterocycles. The summed E-state index contributed by atoms with van der Waals surface area (Å²) < 4.78 is 73.1. The lowest BCUT2D eigenvalue weighted by molar-refractivity contribution is -0.158. The zero-order valence-electron chi connectivity index (χ0n) is 36.5. The molecule has 1 unspecified atom stereocenters. The summed E-state index contributed by atoms with van der Waals surface area (Å²) in [5, 5.41) is 0. The van der Waals surface area contributed by atoms with Crippen molar-refractivity contribution in [2.24, 2.45) is 4.36 Å². The molecule has 2 amide bonds. The third-order valence-electron chi connectivity index (χ3n) is 11.2. The maximum absolute atomic E-state index is 15.6. The summed E-state index contributed by atoms with van der Waals surface area (Å²) in [6.07, 6.45) is 0.986. The molecule has 2 fully saturated rings. The van der Waals surface area contributed by atoms with Gasteiger partial charge in [-0.25, -0.2) is 22.6 Å². The number of hydrogen-bond acceptors (Lipinski definition) is 8. The summed E-state index contributed by atoms with van der Waals surface area (Å²) in [4.78, 5) is 42.5. The van der Waals surface area contributed by atoms with Gasteiger partial charge in [-0.05, 0) is 133 Å². The van der Waals surface area contributed by atoms with Gasteiger partial charge in [-0.1, -0.05) is 54.6 Å². The van der Waals surface area contributed by atoms with Gasteiger partial charge in [0.15, 0.2) is 9.92 Å². The number of ether oxygens (including phenoxy) is 4. The molecule has 3 aliphatic rings. The lowest BCUT2D eigenvalue weighted by Gasteiger charge is -2.37. The number of alkyl halides is 2. The van der Waals surface area contributed by atoms with Crippen LogP contribution in [0.1, 0.15) is 122 Å². The number of esters is 1. The molecule has 6 rings (SSSR count). The van der Waals surface area contributed by atoms with Gasteiger partial charge in [0.1, 0.15) is 34.5 Å². The average molecular weight is 866 g/mol. The van der Waals surface area contributed by atoms with Crippen molar-refractivity contribution >= 4 is 28.1 Å². The largest absolute Gasteiger partial charge is 0.492 e. The van der Waals surface area contributed by atoms with Gasteiger partial charge >= 0.3 is 18.2 Å². The van der Waals surface area contributed by atoms with Crippen molar-refractivity contribution in [2.75, 3.05) is 26.3 Å². The fourth-order valence-corrected chi connectivity index (χ4v) is 10.6. The van der Waals surface area contributed by atoms with E-state index in [1.807, 2.05) is 55.5 Å². The number of fused-ring (bicyclic) bond motifs is 3. The van der Waals surface area contributed by atoms with E-state index in [4.69, 9.17) is 18.9 Å². The molecule has 2 atom stereocenters. The maximum Gasteiger partial charge on any atom is 0.443 e. The molecule has 0 aromatic heterocycles. The van der Waals surface area contributed by atoms with Crippen molar-refractivity contribution in [3.05, 3.63) is 83.4 Å².